The fourth-order valence-corrected chi connectivity index (χ4v) is 4.40. The van der Waals surface area contributed by atoms with Gasteiger partial charge in [-0.3, -0.25) is 9.59 Å². The molecule has 2 aromatic carbocycles. The number of fused-ring (bicyclic) bond motifs is 1. The van der Waals surface area contributed by atoms with Gasteiger partial charge in [0.1, 0.15) is 6.54 Å². The molecule has 0 unspecified atom stereocenters. The van der Waals surface area contributed by atoms with Crippen molar-refractivity contribution < 1.29 is 23.8 Å². The number of carbonyl (C=O) groups is 2. The van der Waals surface area contributed by atoms with Gasteiger partial charge in [0.15, 0.2) is 16.3 Å². The van der Waals surface area contributed by atoms with Crippen LogP contribution in [0, 0.1) is 0 Å². The highest BCUT2D eigenvalue weighted by atomic mass is 79.9. The lowest BCUT2D eigenvalue weighted by Gasteiger charge is -2.10. The molecular formula is C20H19BrN2O5S. The van der Waals surface area contributed by atoms with E-state index in [0.29, 0.717) is 16.3 Å². The molecular weight excluding hydrogens is 460 g/mol. The van der Waals surface area contributed by atoms with Crippen LogP contribution in [0.5, 0.6) is 11.5 Å². The van der Waals surface area contributed by atoms with Crippen LogP contribution in [0.15, 0.2) is 45.9 Å². The van der Waals surface area contributed by atoms with Crippen LogP contribution >= 0.6 is 27.3 Å². The number of hydrogen-bond donors (Lipinski definition) is 0. The summed E-state index contributed by atoms with van der Waals surface area (Å²) in [5.74, 6) is -0.148. The molecule has 1 amide bonds. The molecule has 0 spiro atoms. The SMILES string of the molecule is CCOC(=O)Cn1c(=NC(=O)c2cccc(OC)c2OC)sc2cc(Br)ccc21. The van der Waals surface area contributed by atoms with Crippen LogP contribution in [-0.2, 0) is 16.1 Å². The van der Waals surface area contributed by atoms with Crippen molar-refractivity contribution in [3.05, 3.63) is 51.2 Å². The predicted octanol–water partition coefficient (Wildman–Crippen LogP) is 3.79. The van der Waals surface area contributed by atoms with Crippen LogP contribution in [0.1, 0.15) is 17.3 Å². The van der Waals surface area contributed by atoms with E-state index in [0.717, 1.165) is 14.7 Å². The molecule has 0 fully saturated rings. The minimum atomic E-state index is -0.496. The van der Waals surface area contributed by atoms with E-state index in [1.54, 1.807) is 29.7 Å². The highest BCUT2D eigenvalue weighted by Crippen LogP contribution is 2.31. The lowest BCUT2D eigenvalue weighted by molar-refractivity contribution is -0.143. The standard InChI is InChI=1S/C20H19BrN2O5S/c1-4-28-17(24)11-23-14-9-8-12(21)10-16(14)29-20(23)22-19(25)13-6-5-7-15(26-2)18(13)27-3/h5-10H,4,11H2,1-3H3. The zero-order valence-electron chi connectivity index (χ0n) is 16.1. The van der Waals surface area contributed by atoms with Gasteiger partial charge >= 0.3 is 5.97 Å². The van der Waals surface area contributed by atoms with Crippen molar-refractivity contribution in [3.63, 3.8) is 0 Å². The van der Waals surface area contributed by atoms with Crippen LogP contribution < -0.4 is 14.3 Å². The molecule has 3 rings (SSSR count). The third-order valence-corrected chi connectivity index (χ3v) is 5.60. The second-order valence-electron chi connectivity index (χ2n) is 5.85. The Kier molecular flexibility index (Phi) is 6.71. The Hall–Kier alpha value is -2.65. The van der Waals surface area contributed by atoms with Gasteiger partial charge in [0, 0.05) is 4.47 Å². The van der Waals surface area contributed by atoms with Crippen LogP contribution in [0.3, 0.4) is 0 Å². The van der Waals surface area contributed by atoms with E-state index in [-0.39, 0.29) is 18.7 Å². The van der Waals surface area contributed by atoms with Crippen LogP contribution in [-0.4, -0.2) is 37.3 Å². The van der Waals surface area contributed by atoms with Gasteiger partial charge < -0.3 is 18.8 Å². The van der Waals surface area contributed by atoms with Crippen molar-refractivity contribution in [2.75, 3.05) is 20.8 Å². The quantitative estimate of drug-likeness (QED) is 0.503. The molecule has 0 atom stereocenters. The highest BCUT2D eigenvalue weighted by molar-refractivity contribution is 9.10. The smallest absolute Gasteiger partial charge is 0.326 e. The summed E-state index contributed by atoms with van der Waals surface area (Å²) >= 11 is 4.75. The van der Waals surface area contributed by atoms with Gasteiger partial charge in [-0.15, -0.1) is 0 Å². The number of halogens is 1. The summed E-state index contributed by atoms with van der Waals surface area (Å²) in [4.78, 5) is 29.7. The third kappa shape index (κ3) is 4.51. The van der Waals surface area contributed by atoms with E-state index in [1.807, 2.05) is 18.2 Å². The lowest BCUT2D eigenvalue weighted by atomic mass is 10.2. The first kappa shape index (κ1) is 21.1. The summed E-state index contributed by atoms with van der Waals surface area (Å²) in [6, 6.07) is 10.7. The van der Waals surface area contributed by atoms with E-state index >= 15 is 0 Å². The number of rotatable bonds is 6. The topological polar surface area (TPSA) is 79.1 Å². The second-order valence-corrected chi connectivity index (χ2v) is 7.77. The Labute approximate surface area is 179 Å². The maximum Gasteiger partial charge on any atom is 0.326 e. The molecule has 0 aliphatic rings. The average molecular weight is 479 g/mol. The van der Waals surface area contributed by atoms with E-state index < -0.39 is 11.9 Å². The number of carbonyl (C=O) groups excluding carboxylic acids is 2. The first-order chi connectivity index (χ1) is 14.0. The summed E-state index contributed by atoms with van der Waals surface area (Å²) in [5, 5.41) is 0. The molecule has 0 N–H and O–H groups in total. The lowest BCUT2D eigenvalue weighted by Crippen LogP contribution is -2.23. The van der Waals surface area contributed by atoms with E-state index in [9.17, 15) is 9.59 Å². The maximum absolute atomic E-state index is 12.9. The number of thiazole rings is 1. The molecule has 9 heteroatoms. The first-order valence-corrected chi connectivity index (χ1v) is 10.3. The molecule has 0 saturated carbocycles. The number of benzene rings is 2. The van der Waals surface area contributed by atoms with E-state index in [4.69, 9.17) is 14.2 Å². The zero-order valence-corrected chi connectivity index (χ0v) is 18.5. The first-order valence-electron chi connectivity index (χ1n) is 8.73. The third-order valence-electron chi connectivity index (χ3n) is 4.07. The molecule has 1 heterocycles. The van der Waals surface area contributed by atoms with Crippen LogP contribution in [0.2, 0.25) is 0 Å². The molecule has 0 aliphatic heterocycles. The summed E-state index contributed by atoms with van der Waals surface area (Å²) < 4.78 is 19.1. The monoisotopic (exact) mass is 478 g/mol. The van der Waals surface area contributed by atoms with Gasteiger partial charge in [-0.05, 0) is 37.3 Å². The molecule has 0 radical (unpaired) electrons. The Balaban J connectivity index is 2.14. The number of aromatic nitrogens is 1. The molecule has 152 valence electrons. The largest absolute Gasteiger partial charge is 0.493 e. The normalized spacial score (nSPS) is 11.5. The molecule has 0 saturated heterocycles. The van der Waals surface area contributed by atoms with E-state index in [1.165, 1.54) is 25.6 Å². The summed E-state index contributed by atoms with van der Waals surface area (Å²) in [6.45, 7) is 1.98. The van der Waals surface area contributed by atoms with Crippen molar-refractivity contribution in [2.24, 2.45) is 4.99 Å². The molecule has 3 aromatic rings. The summed E-state index contributed by atoms with van der Waals surface area (Å²) in [7, 11) is 2.97. The number of hydrogen-bond acceptors (Lipinski definition) is 6. The number of methoxy groups -OCH3 is 2. The number of nitrogens with zero attached hydrogens (tertiary/aromatic N) is 2. The Bertz CT molecular complexity index is 1140. The van der Waals surface area contributed by atoms with Crippen LogP contribution in [0.25, 0.3) is 10.2 Å². The Morgan fingerprint density at radius 3 is 2.66 bits per heavy atom. The number of ether oxygens (including phenoxy) is 3. The Morgan fingerprint density at radius 2 is 1.97 bits per heavy atom. The summed E-state index contributed by atoms with van der Waals surface area (Å²) in [6.07, 6.45) is 0. The maximum atomic E-state index is 12.9. The van der Waals surface area contributed by atoms with Gasteiger partial charge in [0.2, 0.25) is 0 Å². The van der Waals surface area contributed by atoms with Gasteiger partial charge in [-0.1, -0.05) is 33.3 Å². The highest BCUT2D eigenvalue weighted by Gasteiger charge is 2.18. The van der Waals surface area contributed by atoms with Crippen molar-refractivity contribution in [3.8, 4) is 11.5 Å². The predicted molar refractivity (Wildman–Crippen MR) is 114 cm³/mol. The fraction of sp³-hybridized carbons (Fsp3) is 0.250. The van der Waals surface area contributed by atoms with Crippen molar-refractivity contribution in [1.29, 1.82) is 0 Å². The Morgan fingerprint density at radius 1 is 1.17 bits per heavy atom. The van der Waals surface area contributed by atoms with Gasteiger partial charge in [0.05, 0.1) is 36.6 Å². The van der Waals surface area contributed by atoms with Gasteiger partial charge in [0.25, 0.3) is 5.91 Å². The molecule has 0 bridgehead atoms. The second kappa shape index (κ2) is 9.23. The van der Waals surface area contributed by atoms with E-state index in [2.05, 4.69) is 20.9 Å². The number of para-hydroxylation sites is 1. The molecule has 29 heavy (non-hydrogen) atoms. The summed E-state index contributed by atoms with van der Waals surface area (Å²) in [5.41, 5.74) is 1.06. The van der Waals surface area contributed by atoms with Crippen LogP contribution in [0.4, 0.5) is 0 Å². The fourth-order valence-electron chi connectivity index (χ4n) is 2.82. The van der Waals surface area contributed by atoms with Crippen molar-refractivity contribution in [1.82, 2.24) is 4.57 Å². The zero-order chi connectivity index (χ0) is 21.0. The number of esters is 1. The van der Waals surface area contributed by atoms with Gasteiger partial charge in [-0.2, -0.15) is 4.99 Å². The van der Waals surface area contributed by atoms with Gasteiger partial charge in [-0.25, -0.2) is 0 Å². The minimum Gasteiger partial charge on any atom is -0.493 e. The molecule has 1 aromatic heterocycles. The van der Waals surface area contributed by atoms with Crippen molar-refractivity contribution in [2.45, 2.75) is 13.5 Å². The van der Waals surface area contributed by atoms with Crippen molar-refractivity contribution >= 4 is 49.4 Å². The molecule has 0 aliphatic carbocycles. The average Bonchev–Trinajstić information content (AvgIpc) is 3.03. The number of amides is 1. The molecule has 7 nitrogen and oxygen atoms in total. The minimum absolute atomic E-state index is 0.0448.